The molecule has 0 saturated heterocycles. The van der Waals surface area contributed by atoms with Crippen LogP contribution in [0.5, 0.6) is 5.75 Å². The molecule has 0 heterocycles. The first-order chi connectivity index (χ1) is 14.7. The minimum Gasteiger partial charge on any atom is -0.507 e. The maximum Gasteiger partial charge on any atom is 0.122 e. The standard InChI is InChI=1S/C29H52O/c1-6-11-16-17-18-23-28-26(21-14-9-4)24(19-12-7-2)25(20-13-8-3)27(29(28)30)22-15-10-5/h30H,6-23H2,1-5H3. The Kier molecular flexibility index (Phi) is 15.0. The Hall–Kier alpha value is -0.980. The van der Waals surface area contributed by atoms with E-state index in [0.29, 0.717) is 5.75 Å². The van der Waals surface area contributed by atoms with E-state index >= 15 is 0 Å². The Morgan fingerprint density at radius 1 is 0.367 bits per heavy atom. The number of rotatable bonds is 18. The van der Waals surface area contributed by atoms with Gasteiger partial charge in [0.1, 0.15) is 5.75 Å². The van der Waals surface area contributed by atoms with E-state index in [1.54, 1.807) is 11.1 Å². The van der Waals surface area contributed by atoms with Crippen molar-refractivity contribution in [3.05, 3.63) is 27.8 Å². The van der Waals surface area contributed by atoms with Gasteiger partial charge in [0.05, 0.1) is 0 Å². The van der Waals surface area contributed by atoms with Crippen molar-refractivity contribution >= 4 is 0 Å². The molecule has 0 atom stereocenters. The Labute approximate surface area is 189 Å². The minimum atomic E-state index is 0.691. The fourth-order valence-electron chi connectivity index (χ4n) is 4.78. The fraction of sp³-hybridized carbons (Fsp3) is 0.793. The SMILES string of the molecule is CCCCCCCc1c(O)c(CCCC)c(CCCC)c(CCCC)c1CCCC. The largest absolute Gasteiger partial charge is 0.507 e. The lowest BCUT2D eigenvalue weighted by Gasteiger charge is -2.25. The van der Waals surface area contributed by atoms with Gasteiger partial charge >= 0.3 is 0 Å². The third-order valence-electron chi connectivity index (χ3n) is 6.68. The molecule has 0 bridgehead atoms. The lowest BCUT2D eigenvalue weighted by Crippen LogP contribution is -2.11. The summed E-state index contributed by atoms with van der Waals surface area (Å²) in [6.07, 6.45) is 22.0. The molecule has 0 aliphatic carbocycles. The highest BCUT2D eigenvalue weighted by Gasteiger charge is 2.22. The van der Waals surface area contributed by atoms with Crippen LogP contribution in [0, 0.1) is 0 Å². The molecule has 0 aliphatic heterocycles. The second-order valence-electron chi connectivity index (χ2n) is 9.32. The van der Waals surface area contributed by atoms with E-state index in [1.165, 1.54) is 107 Å². The van der Waals surface area contributed by atoms with Gasteiger partial charge in [-0.15, -0.1) is 0 Å². The van der Waals surface area contributed by atoms with Gasteiger partial charge in [-0.2, -0.15) is 0 Å². The summed E-state index contributed by atoms with van der Waals surface area (Å²) in [5.74, 6) is 0.691. The van der Waals surface area contributed by atoms with Gasteiger partial charge in [0.25, 0.3) is 0 Å². The van der Waals surface area contributed by atoms with E-state index in [-0.39, 0.29) is 0 Å². The van der Waals surface area contributed by atoms with Crippen LogP contribution < -0.4 is 0 Å². The van der Waals surface area contributed by atoms with Crippen molar-refractivity contribution in [3.8, 4) is 5.75 Å². The summed E-state index contributed by atoms with van der Waals surface area (Å²) in [5, 5.41) is 11.5. The average Bonchev–Trinajstić information content (AvgIpc) is 2.75. The Bertz CT molecular complexity index is 572. The normalized spacial score (nSPS) is 11.4. The Balaban J connectivity index is 3.43. The zero-order valence-corrected chi connectivity index (χ0v) is 21.2. The van der Waals surface area contributed by atoms with Crippen molar-refractivity contribution in [3.63, 3.8) is 0 Å². The summed E-state index contributed by atoms with van der Waals surface area (Å²) >= 11 is 0. The van der Waals surface area contributed by atoms with Gasteiger partial charge in [0.15, 0.2) is 0 Å². The van der Waals surface area contributed by atoms with Crippen molar-refractivity contribution in [1.29, 1.82) is 0 Å². The molecule has 0 saturated carbocycles. The van der Waals surface area contributed by atoms with E-state index in [4.69, 9.17) is 0 Å². The third kappa shape index (κ3) is 8.64. The smallest absolute Gasteiger partial charge is 0.122 e. The number of aromatic hydroxyl groups is 1. The van der Waals surface area contributed by atoms with Gasteiger partial charge in [0, 0.05) is 0 Å². The molecule has 174 valence electrons. The fourth-order valence-corrected chi connectivity index (χ4v) is 4.78. The molecule has 30 heavy (non-hydrogen) atoms. The maximum absolute atomic E-state index is 11.5. The second-order valence-corrected chi connectivity index (χ2v) is 9.32. The number of phenolic OH excluding ortho intramolecular Hbond substituents is 1. The van der Waals surface area contributed by atoms with Crippen molar-refractivity contribution in [2.24, 2.45) is 0 Å². The molecular formula is C29H52O. The van der Waals surface area contributed by atoms with Crippen molar-refractivity contribution < 1.29 is 5.11 Å². The van der Waals surface area contributed by atoms with Crippen molar-refractivity contribution in [1.82, 2.24) is 0 Å². The van der Waals surface area contributed by atoms with Gasteiger partial charge in [0.2, 0.25) is 0 Å². The third-order valence-corrected chi connectivity index (χ3v) is 6.68. The van der Waals surface area contributed by atoms with Crippen LogP contribution in [0.15, 0.2) is 0 Å². The summed E-state index contributed by atoms with van der Waals surface area (Å²) in [7, 11) is 0. The molecule has 1 heteroatoms. The molecule has 0 aromatic heterocycles. The maximum atomic E-state index is 11.5. The number of hydrogen-bond acceptors (Lipinski definition) is 1. The van der Waals surface area contributed by atoms with Crippen LogP contribution in [0.4, 0.5) is 0 Å². The average molecular weight is 417 g/mol. The number of benzene rings is 1. The summed E-state index contributed by atoms with van der Waals surface area (Å²) in [5.41, 5.74) is 7.38. The van der Waals surface area contributed by atoms with Crippen molar-refractivity contribution in [2.75, 3.05) is 0 Å². The summed E-state index contributed by atoms with van der Waals surface area (Å²) in [6.45, 7) is 11.4. The lowest BCUT2D eigenvalue weighted by atomic mass is 9.81. The summed E-state index contributed by atoms with van der Waals surface area (Å²) in [4.78, 5) is 0. The zero-order valence-electron chi connectivity index (χ0n) is 21.2. The van der Waals surface area contributed by atoms with Crippen LogP contribution in [0.25, 0.3) is 0 Å². The monoisotopic (exact) mass is 416 g/mol. The predicted molar refractivity (Wildman–Crippen MR) is 135 cm³/mol. The van der Waals surface area contributed by atoms with Gasteiger partial charge in [-0.3, -0.25) is 0 Å². The highest BCUT2D eigenvalue weighted by atomic mass is 16.3. The Morgan fingerprint density at radius 3 is 1.07 bits per heavy atom. The molecule has 1 aromatic rings. The lowest BCUT2D eigenvalue weighted by molar-refractivity contribution is 0.453. The molecule has 0 spiro atoms. The Morgan fingerprint density at radius 2 is 0.667 bits per heavy atom. The molecule has 0 unspecified atom stereocenters. The first-order valence-corrected chi connectivity index (χ1v) is 13.5. The topological polar surface area (TPSA) is 20.2 Å². The summed E-state index contributed by atoms with van der Waals surface area (Å²) in [6, 6.07) is 0. The quantitative estimate of drug-likeness (QED) is 0.236. The highest BCUT2D eigenvalue weighted by molar-refractivity contribution is 5.56. The minimum absolute atomic E-state index is 0.691. The van der Waals surface area contributed by atoms with E-state index in [0.717, 1.165) is 25.7 Å². The van der Waals surface area contributed by atoms with Crippen LogP contribution >= 0.6 is 0 Å². The van der Waals surface area contributed by atoms with E-state index < -0.39 is 0 Å². The molecule has 1 rings (SSSR count). The molecule has 1 nitrogen and oxygen atoms in total. The van der Waals surface area contributed by atoms with E-state index in [2.05, 4.69) is 34.6 Å². The number of phenols is 1. The first-order valence-electron chi connectivity index (χ1n) is 13.5. The van der Waals surface area contributed by atoms with Crippen LogP contribution in [0.3, 0.4) is 0 Å². The van der Waals surface area contributed by atoms with E-state index in [9.17, 15) is 5.11 Å². The van der Waals surface area contributed by atoms with Crippen LogP contribution in [0.1, 0.15) is 146 Å². The molecule has 0 aliphatic rings. The van der Waals surface area contributed by atoms with Crippen LogP contribution in [-0.4, -0.2) is 5.11 Å². The summed E-state index contributed by atoms with van der Waals surface area (Å²) < 4.78 is 0. The van der Waals surface area contributed by atoms with Crippen LogP contribution in [-0.2, 0) is 32.1 Å². The zero-order chi connectivity index (χ0) is 22.2. The first kappa shape index (κ1) is 27.1. The highest BCUT2D eigenvalue weighted by Crippen LogP contribution is 2.38. The van der Waals surface area contributed by atoms with E-state index in [1.807, 2.05) is 0 Å². The molecule has 1 aromatic carbocycles. The molecule has 1 N–H and O–H groups in total. The van der Waals surface area contributed by atoms with Crippen molar-refractivity contribution in [2.45, 2.75) is 150 Å². The molecule has 0 fully saturated rings. The van der Waals surface area contributed by atoms with Gasteiger partial charge < -0.3 is 5.11 Å². The molecule has 0 amide bonds. The number of unbranched alkanes of at least 4 members (excludes halogenated alkanes) is 8. The second kappa shape index (κ2) is 16.7. The van der Waals surface area contributed by atoms with Gasteiger partial charge in [-0.1, -0.05) is 86.0 Å². The molecular weight excluding hydrogens is 364 g/mol. The number of hydrogen-bond donors (Lipinski definition) is 1. The van der Waals surface area contributed by atoms with Crippen LogP contribution in [0.2, 0.25) is 0 Å². The van der Waals surface area contributed by atoms with Gasteiger partial charge in [-0.25, -0.2) is 0 Å². The van der Waals surface area contributed by atoms with Gasteiger partial charge in [-0.05, 0) is 92.0 Å². The predicted octanol–water partition coefficient (Wildman–Crippen LogP) is 9.28. The molecule has 0 radical (unpaired) electrons.